The molecule has 0 spiro atoms. The molecule has 2 aliphatic rings. The van der Waals surface area contributed by atoms with Crippen LogP contribution in [0.2, 0.25) is 0 Å². The molecule has 2 aromatic heterocycles. The smallest absolute Gasteiger partial charge is 0.279 e. The number of nitrogens with one attached hydrogen (secondary N) is 2. The first-order valence-electron chi connectivity index (χ1n) is 9.29. The summed E-state index contributed by atoms with van der Waals surface area (Å²) in [6.45, 7) is 0.801. The Bertz CT molecular complexity index is 922. The summed E-state index contributed by atoms with van der Waals surface area (Å²) in [5, 5.41) is 4.21. The van der Waals surface area contributed by atoms with Gasteiger partial charge in [-0.3, -0.25) is 0 Å². The lowest BCUT2D eigenvalue weighted by atomic mass is 9.93. The highest BCUT2D eigenvalue weighted by molar-refractivity contribution is 7.87. The van der Waals surface area contributed by atoms with Crippen LogP contribution in [-0.4, -0.2) is 55.5 Å². The Hall–Kier alpha value is -1.33. The predicted molar refractivity (Wildman–Crippen MR) is 105 cm³/mol. The van der Waals surface area contributed by atoms with Gasteiger partial charge in [-0.25, -0.2) is 14.7 Å². The molecule has 1 aliphatic heterocycles. The van der Waals surface area contributed by atoms with Gasteiger partial charge in [-0.05, 0) is 44.7 Å². The summed E-state index contributed by atoms with van der Waals surface area (Å²) < 4.78 is 34.6. The van der Waals surface area contributed by atoms with E-state index < -0.39 is 10.2 Å². The highest BCUT2D eigenvalue weighted by Gasteiger charge is 2.31. The van der Waals surface area contributed by atoms with Crippen LogP contribution in [0.4, 0.5) is 0 Å². The second kappa shape index (κ2) is 7.59. The first kappa shape index (κ1) is 19.0. The monoisotopic (exact) mass is 411 g/mol. The van der Waals surface area contributed by atoms with Crippen molar-refractivity contribution in [3.8, 4) is 5.88 Å². The first-order chi connectivity index (χ1) is 13.0. The van der Waals surface area contributed by atoms with Crippen LogP contribution in [0.5, 0.6) is 5.88 Å². The van der Waals surface area contributed by atoms with E-state index >= 15 is 0 Å². The highest BCUT2D eigenvalue weighted by atomic mass is 32.2. The van der Waals surface area contributed by atoms with Crippen molar-refractivity contribution in [1.29, 1.82) is 0 Å². The third-order valence-electron chi connectivity index (χ3n) is 5.52. The van der Waals surface area contributed by atoms with E-state index in [9.17, 15) is 8.42 Å². The Balaban J connectivity index is 1.63. The van der Waals surface area contributed by atoms with Crippen molar-refractivity contribution in [1.82, 2.24) is 24.3 Å². The number of thiophene rings is 1. The zero-order chi connectivity index (χ0) is 19.0. The van der Waals surface area contributed by atoms with Crippen molar-refractivity contribution < 1.29 is 13.2 Å². The number of fused-ring (bicyclic) bond motifs is 3. The lowest BCUT2D eigenvalue weighted by Crippen LogP contribution is -2.41. The van der Waals surface area contributed by atoms with Crippen LogP contribution in [0.25, 0.3) is 10.2 Å². The fraction of sp³-hybridized carbons (Fsp3) is 0.647. The quantitative estimate of drug-likeness (QED) is 0.773. The molecule has 2 aromatic rings. The number of hydrogen-bond donors (Lipinski definition) is 2. The molecular formula is C17H25N5O3S2. The maximum Gasteiger partial charge on any atom is 0.279 e. The number of nitrogens with zero attached hydrogens (tertiary/aromatic N) is 3. The van der Waals surface area contributed by atoms with E-state index in [-0.39, 0.29) is 6.10 Å². The summed E-state index contributed by atoms with van der Waals surface area (Å²) >= 11 is 1.62. The number of rotatable bonds is 5. The van der Waals surface area contributed by atoms with E-state index in [1.165, 1.54) is 16.2 Å². The van der Waals surface area contributed by atoms with Gasteiger partial charge in [0.2, 0.25) is 5.88 Å². The van der Waals surface area contributed by atoms with Gasteiger partial charge in [0.15, 0.2) is 0 Å². The van der Waals surface area contributed by atoms with E-state index in [0.29, 0.717) is 31.4 Å². The summed E-state index contributed by atoms with van der Waals surface area (Å²) in [6.07, 6.45) is 6.53. The summed E-state index contributed by atoms with van der Waals surface area (Å²) in [5.74, 6) is 0.592. The second-order valence-corrected chi connectivity index (χ2v) is 9.99. The molecule has 4 rings (SSSR count). The maximum atomic E-state index is 12.2. The second-order valence-electron chi connectivity index (χ2n) is 7.04. The SMILES string of the molecule is CNC1CCC(Oc2ncnc3sc4c(c23)CN(S(=O)(=O)NC)CC4)CC1. The molecule has 2 N–H and O–H groups in total. The third kappa shape index (κ3) is 3.68. The topological polar surface area (TPSA) is 96.4 Å². The Morgan fingerprint density at radius 1 is 1.22 bits per heavy atom. The van der Waals surface area contributed by atoms with Crippen molar-refractivity contribution in [3.63, 3.8) is 0 Å². The molecule has 0 radical (unpaired) electrons. The van der Waals surface area contributed by atoms with Crippen molar-refractivity contribution in [2.75, 3.05) is 20.6 Å². The minimum atomic E-state index is -3.46. The predicted octanol–water partition coefficient (Wildman–Crippen LogP) is 1.42. The van der Waals surface area contributed by atoms with E-state index in [0.717, 1.165) is 41.5 Å². The average molecular weight is 412 g/mol. The van der Waals surface area contributed by atoms with Crippen LogP contribution in [0.3, 0.4) is 0 Å². The normalized spacial score (nSPS) is 24.1. The Morgan fingerprint density at radius 2 is 2.00 bits per heavy atom. The van der Waals surface area contributed by atoms with Crippen LogP contribution in [0.15, 0.2) is 6.33 Å². The highest BCUT2D eigenvalue weighted by Crippen LogP contribution is 2.39. The Morgan fingerprint density at radius 3 is 2.70 bits per heavy atom. The van der Waals surface area contributed by atoms with Crippen molar-refractivity contribution in [2.24, 2.45) is 0 Å². The standard InChI is InChI=1S/C17H25N5O3S2/c1-18-11-3-5-12(6-4-11)25-16-15-13-9-22(27(23,24)19-2)8-7-14(13)26-17(15)21-10-20-16/h10-12,18-19H,3-9H2,1-2H3. The lowest BCUT2D eigenvalue weighted by molar-refractivity contribution is 0.137. The Kier molecular flexibility index (Phi) is 5.34. The van der Waals surface area contributed by atoms with E-state index in [2.05, 4.69) is 20.0 Å². The van der Waals surface area contributed by atoms with Crippen LogP contribution >= 0.6 is 11.3 Å². The largest absolute Gasteiger partial charge is 0.474 e. The number of hydrogen-bond acceptors (Lipinski definition) is 7. The first-order valence-corrected chi connectivity index (χ1v) is 11.5. The fourth-order valence-corrected chi connectivity index (χ4v) is 5.93. The molecule has 148 valence electrons. The van der Waals surface area contributed by atoms with Gasteiger partial charge in [0.05, 0.1) is 5.39 Å². The zero-order valence-corrected chi connectivity index (χ0v) is 17.2. The molecule has 3 heterocycles. The molecule has 0 atom stereocenters. The number of aromatic nitrogens is 2. The van der Waals surface area contributed by atoms with E-state index in [4.69, 9.17) is 4.74 Å². The molecule has 1 aliphatic carbocycles. The van der Waals surface area contributed by atoms with Gasteiger partial charge in [0.1, 0.15) is 17.3 Å². The van der Waals surface area contributed by atoms with Gasteiger partial charge in [-0.1, -0.05) is 0 Å². The van der Waals surface area contributed by atoms with Gasteiger partial charge in [-0.15, -0.1) is 11.3 Å². The van der Waals surface area contributed by atoms with Crippen LogP contribution < -0.4 is 14.8 Å². The summed E-state index contributed by atoms with van der Waals surface area (Å²) in [7, 11) is -0.0176. The molecular weight excluding hydrogens is 386 g/mol. The molecule has 1 saturated carbocycles. The van der Waals surface area contributed by atoms with Crippen LogP contribution in [0.1, 0.15) is 36.1 Å². The third-order valence-corrected chi connectivity index (χ3v) is 8.22. The molecule has 0 bridgehead atoms. The zero-order valence-electron chi connectivity index (χ0n) is 15.6. The van der Waals surface area contributed by atoms with Gasteiger partial charge in [0.25, 0.3) is 10.2 Å². The minimum absolute atomic E-state index is 0.143. The average Bonchev–Trinajstić information content (AvgIpc) is 3.07. The Labute approximate surface area is 163 Å². The van der Waals surface area contributed by atoms with E-state index in [1.807, 2.05) is 7.05 Å². The van der Waals surface area contributed by atoms with Crippen LogP contribution in [0, 0.1) is 0 Å². The van der Waals surface area contributed by atoms with Gasteiger partial charge in [-0.2, -0.15) is 12.7 Å². The van der Waals surface area contributed by atoms with E-state index in [1.54, 1.807) is 17.7 Å². The van der Waals surface area contributed by atoms with Gasteiger partial charge < -0.3 is 10.1 Å². The molecule has 10 heteroatoms. The molecule has 27 heavy (non-hydrogen) atoms. The molecule has 0 saturated heterocycles. The minimum Gasteiger partial charge on any atom is -0.474 e. The lowest BCUT2D eigenvalue weighted by Gasteiger charge is -2.29. The number of ether oxygens (including phenoxy) is 1. The fourth-order valence-electron chi connectivity index (χ4n) is 3.91. The molecule has 1 fully saturated rings. The van der Waals surface area contributed by atoms with Gasteiger partial charge >= 0.3 is 0 Å². The van der Waals surface area contributed by atoms with Crippen molar-refractivity contribution in [2.45, 2.75) is 50.8 Å². The molecule has 0 amide bonds. The summed E-state index contributed by atoms with van der Waals surface area (Å²) in [6, 6.07) is 0.560. The maximum absolute atomic E-state index is 12.2. The van der Waals surface area contributed by atoms with Crippen LogP contribution in [-0.2, 0) is 23.2 Å². The van der Waals surface area contributed by atoms with Gasteiger partial charge in [0, 0.05) is 31.1 Å². The summed E-state index contributed by atoms with van der Waals surface area (Å²) in [5.41, 5.74) is 0.986. The molecule has 0 unspecified atom stereocenters. The van der Waals surface area contributed by atoms with Crippen molar-refractivity contribution >= 4 is 31.8 Å². The summed E-state index contributed by atoms with van der Waals surface area (Å²) in [4.78, 5) is 10.9. The van der Waals surface area contributed by atoms with Crippen molar-refractivity contribution in [3.05, 3.63) is 16.8 Å². The molecule has 0 aromatic carbocycles. The molecule has 8 nitrogen and oxygen atoms in total.